The van der Waals surface area contributed by atoms with Crippen LogP contribution in [0.15, 0.2) is 32.0 Å². The number of halogens is 2. The zero-order chi connectivity index (χ0) is 12.6. The van der Waals surface area contributed by atoms with Crippen LogP contribution in [0.5, 0.6) is 0 Å². The summed E-state index contributed by atoms with van der Waals surface area (Å²) >= 11 is 6.63. The highest BCUT2D eigenvalue weighted by Crippen LogP contribution is 2.31. The Kier molecular flexibility index (Phi) is 3.97. The third-order valence-electron chi connectivity index (χ3n) is 2.97. The largest absolute Gasteiger partial charge is 0.244 e. The van der Waals surface area contributed by atoms with E-state index in [1.807, 2.05) is 6.92 Å². The molecule has 0 bridgehead atoms. The molecule has 1 aliphatic heterocycles. The van der Waals surface area contributed by atoms with Crippen LogP contribution in [0, 0.1) is 0 Å². The van der Waals surface area contributed by atoms with Crippen molar-refractivity contribution in [2.45, 2.75) is 30.7 Å². The maximum atomic E-state index is 12.5. The molecule has 0 spiro atoms. The number of benzene rings is 1. The van der Waals surface area contributed by atoms with Gasteiger partial charge in [-0.1, -0.05) is 15.9 Å². The van der Waals surface area contributed by atoms with Crippen LogP contribution in [-0.4, -0.2) is 25.3 Å². The van der Waals surface area contributed by atoms with Gasteiger partial charge < -0.3 is 0 Å². The molecule has 6 heteroatoms. The van der Waals surface area contributed by atoms with Gasteiger partial charge in [0.2, 0.25) is 10.0 Å². The van der Waals surface area contributed by atoms with Crippen LogP contribution in [0.4, 0.5) is 0 Å². The van der Waals surface area contributed by atoms with E-state index >= 15 is 0 Å². The molecule has 0 saturated carbocycles. The van der Waals surface area contributed by atoms with Crippen LogP contribution in [0.2, 0.25) is 0 Å². The fourth-order valence-corrected chi connectivity index (χ4v) is 5.48. The van der Waals surface area contributed by atoms with Gasteiger partial charge in [0.05, 0.1) is 4.90 Å². The molecular formula is C11H13Br2NO2S. The standard InChI is InChI=1S/C11H13Br2NO2S/c1-8-3-2-6-14(8)17(15,16)11-5-4-9(12)7-10(11)13/h4-5,7-8H,2-3,6H2,1H3. The van der Waals surface area contributed by atoms with E-state index in [1.165, 1.54) is 0 Å². The van der Waals surface area contributed by atoms with Crippen LogP contribution < -0.4 is 0 Å². The Bertz CT molecular complexity index is 530. The second-order valence-electron chi connectivity index (χ2n) is 4.18. The lowest BCUT2D eigenvalue weighted by Gasteiger charge is -2.21. The van der Waals surface area contributed by atoms with Crippen LogP contribution >= 0.6 is 31.9 Å². The first-order chi connectivity index (χ1) is 7.93. The van der Waals surface area contributed by atoms with Crippen molar-refractivity contribution in [3.8, 4) is 0 Å². The molecule has 94 valence electrons. The lowest BCUT2D eigenvalue weighted by Crippen LogP contribution is -2.33. The predicted octanol–water partition coefficient (Wildman–Crippen LogP) is 3.38. The molecule has 1 aliphatic rings. The zero-order valence-corrected chi connectivity index (χ0v) is 13.3. The molecule has 3 nitrogen and oxygen atoms in total. The van der Waals surface area contributed by atoms with Gasteiger partial charge in [0.1, 0.15) is 0 Å². The number of sulfonamides is 1. The molecule has 0 radical (unpaired) electrons. The summed E-state index contributed by atoms with van der Waals surface area (Å²) < 4.78 is 28.0. The summed E-state index contributed by atoms with van der Waals surface area (Å²) in [5.74, 6) is 0. The Hall–Kier alpha value is 0.0900. The first-order valence-electron chi connectivity index (χ1n) is 5.40. The van der Waals surface area contributed by atoms with Crippen molar-refractivity contribution >= 4 is 41.9 Å². The number of hydrogen-bond donors (Lipinski definition) is 0. The molecule has 17 heavy (non-hydrogen) atoms. The van der Waals surface area contributed by atoms with E-state index in [2.05, 4.69) is 31.9 Å². The van der Waals surface area contributed by atoms with Crippen molar-refractivity contribution < 1.29 is 8.42 Å². The highest BCUT2D eigenvalue weighted by atomic mass is 79.9. The van der Waals surface area contributed by atoms with Crippen molar-refractivity contribution in [3.63, 3.8) is 0 Å². The SMILES string of the molecule is CC1CCCN1S(=O)(=O)c1ccc(Br)cc1Br. The van der Waals surface area contributed by atoms with Crippen molar-refractivity contribution in [3.05, 3.63) is 27.1 Å². The fourth-order valence-electron chi connectivity index (χ4n) is 2.07. The molecule has 1 unspecified atom stereocenters. The average Bonchev–Trinajstić information content (AvgIpc) is 2.64. The van der Waals surface area contributed by atoms with Crippen LogP contribution in [-0.2, 0) is 10.0 Å². The molecule has 1 saturated heterocycles. The maximum absolute atomic E-state index is 12.5. The summed E-state index contributed by atoms with van der Waals surface area (Å²) in [6.07, 6.45) is 1.88. The van der Waals surface area contributed by atoms with Gasteiger partial charge in [-0.25, -0.2) is 8.42 Å². The minimum atomic E-state index is -3.37. The second-order valence-corrected chi connectivity index (χ2v) is 7.81. The van der Waals surface area contributed by atoms with E-state index in [4.69, 9.17) is 0 Å². The minimum absolute atomic E-state index is 0.0931. The van der Waals surface area contributed by atoms with Gasteiger partial charge >= 0.3 is 0 Å². The molecule has 1 heterocycles. The first-order valence-corrected chi connectivity index (χ1v) is 8.42. The van der Waals surface area contributed by atoms with Crippen molar-refractivity contribution in [2.75, 3.05) is 6.54 Å². The third kappa shape index (κ3) is 2.59. The summed E-state index contributed by atoms with van der Waals surface area (Å²) in [7, 11) is -3.37. The molecule has 0 amide bonds. The number of hydrogen-bond acceptors (Lipinski definition) is 2. The van der Waals surface area contributed by atoms with Gasteiger partial charge in [0.25, 0.3) is 0 Å². The molecule has 0 aliphatic carbocycles. The van der Waals surface area contributed by atoms with E-state index in [0.29, 0.717) is 15.9 Å². The molecule has 1 aromatic carbocycles. The Balaban J connectivity index is 2.44. The lowest BCUT2D eigenvalue weighted by atomic mass is 10.3. The summed E-state index contributed by atoms with van der Waals surface area (Å²) in [5.41, 5.74) is 0. The molecule has 1 fully saturated rings. The van der Waals surface area contributed by atoms with Gasteiger partial charge in [0, 0.05) is 21.5 Å². The summed E-state index contributed by atoms with van der Waals surface area (Å²) in [4.78, 5) is 0.342. The Morgan fingerprint density at radius 3 is 2.59 bits per heavy atom. The molecule has 1 aromatic rings. The normalized spacial score (nSPS) is 21.9. The highest BCUT2D eigenvalue weighted by molar-refractivity contribution is 9.11. The molecule has 1 atom stereocenters. The second kappa shape index (κ2) is 4.99. The Labute approximate surface area is 119 Å². The Morgan fingerprint density at radius 1 is 1.35 bits per heavy atom. The average molecular weight is 383 g/mol. The molecule has 0 N–H and O–H groups in total. The lowest BCUT2D eigenvalue weighted by molar-refractivity contribution is 0.408. The van der Waals surface area contributed by atoms with Crippen molar-refractivity contribution in [1.29, 1.82) is 0 Å². The van der Waals surface area contributed by atoms with Crippen molar-refractivity contribution in [2.24, 2.45) is 0 Å². The van der Waals surface area contributed by atoms with Crippen LogP contribution in [0.25, 0.3) is 0 Å². The van der Waals surface area contributed by atoms with E-state index in [9.17, 15) is 8.42 Å². The number of nitrogens with zero attached hydrogens (tertiary/aromatic N) is 1. The zero-order valence-electron chi connectivity index (χ0n) is 9.36. The van der Waals surface area contributed by atoms with Gasteiger partial charge in [-0.15, -0.1) is 0 Å². The number of rotatable bonds is 2. The Morgan fingerprint density at radius 2 is 2.06 bits per heavy atom. The fraction of sp³-hybridized carbons (Fsp3) is 0.455. The monoisotopic (exact) mass is 381 g/mol. The maximum Gasteiger partial charge on any atom is 0.244 e. The topological polar surface area (TPSA) is 37.4 Å². The summed E-state index contributed by atoms with van der Waals surface area (Å²) in [5, 5.41) is 0. The third-order valence-corrected chi connectivity index (χ3v) is 6.46. The molecular weight excluding hydrogens is 370 g/mol. The van der Waals surface area contributed by atoms with E-state index in [-0.39, 0.29) is 6.04 Å². The smallest absolute Gasteiger partial charge is 0.207 e. The van der Waals surface area contributed by atoms with Crippen LogP contribution in [0.1, 0.15) is 19.8 Å². The van der Waals surface area contributed by atoms with Crippen LogP contribution in [0.3, 0.4) is 0 Å². The molecule has 2 rings (SSSR count). The van der Waals surface area contributed by atoms with Gasteiger partial charge in [-0.3, -0.25) is 0 Å². The summed E-state index contributed by atoms with van der Waals surface area (Å²) in [6, 6.07) is 5.23. The van der Waals surface area contributed by atoms with E-state index < -0.39 is 10.0 Å². The van der Waals surface area contributed by atoms with E-state index in [1.54, 1.807) is 22.5 Å². The quantitative estimate of drug-likeness (QED) is 0.786. The molecule has 0 aromatic heterocycles. The van der Waals surface area contributed by atoms with E-state index in [0.717, 1.165) is 17.3 Å². The summed E-state index contributed by atoms with van der Waals surface area (Å²) in [6.45, 7) is 2.57. The van der Waals surface area contributed by atoms with Crippen molar-refractivity contribution in [1.82, 2.24) is 4.31 Å². The van der Waals surface area contributed by atoms with Gasteiger partial charge in [0.15, 0.2) is 0 Å². The van der Waals surface area contributed by atoms with Gasteiger partial charge in [-0.2, -0.15) is 4.31 Å². The van der Waals surface area contributed by atoms with Gasteiger partial charge in [-0.05, 0) is 53.9 Å². The minimum Gasteiger partial charge on any atom is -0.207 e. The highest BCUT2D eigenvalue weighted by Gasteiger charge is 2.33. The predicted molar refractivity (Wildman–Crippen MR) is 74.4 cm³/mol. The first kappa shape index (κ1) is 13.5.